The number of fused-ring (bicyclic) bond motifs is 5. The number of cyclic esters (lactones) is 1. The summed E-state index contributed by atoms with van der Waals surface area (Å²) in [4.78, 5) is 25.6. The van der Waals surface area contributed by atoms with Crippen LogP contribution in [0, 0.1) is 22.7 Å². The van der Waals surface area contributed by atoms with E-state index in [2.05, 4.69) is 6.08 Å². The maximum atomic E-state index is 13.1. The van der Waals surface area contributed by atoms with Gasteiger partial charge in [-0.25, -0.2) is 4.79 Å². The lowest BCUT2D eigenvalue weighted by Crippen LogP contribution is -2.72. The molecule has 1 heterocycles. The van der Waals surface area contributed by atoms with Crippen LogP contribution in [-0.4, -0.2) is 61.7 Å². The number of aliphatic hydroxyl groups excluding tert-OH is 1. The van der Waals surface area contributed by atoms with E-state index in [1.54, 1.807) is 13.0 Å². The van der Waals surface area contributed by atoms with Crippen molar-refractivity contribution < 1.29 is 34.8 Å². The second kappa shape index (κ2) is 7.60. The predicted octanol–water partition coefficient (Wildman–Crippen LogP) is 2.52. The Labute approximate surface area is 206 Å². The molecule has 5 aliphatic rings. The molecular formula is C28H38O7. The quantitative estimate of drug-likeness (QED) is 0.357. The van der Waals surface area contributed by atoms with Gasteiger partial charge in [0.25, 0.3) is 0 Å². The largest absolute Gasteiger partial charge is 0.455 e. The SMILES string of the molecule is CC1=C(CO)C(=O)O[C@@H]([C@](C)(O)[C@]2(O)CC[C@@]3(O)C4CC=C5CC=CC(=O)[C@]5(C)C4CC[C@]23C)C1. The fraction of sp³-hybridized carbons (Fsp3) is 0.714. The Morgan fingerprint density at radius 3 is 2.51 bits per heavy atom. The second-order valence-corrected chi connectivity index (χ2v) is 12.2. The molecule has 192 valence electrons. The van der Waals surface area contributed by atoms with Crippen molar-refractivity contribution in [2.24, 2.45) is 22.7 Å². The first-order valence-corrected chi connectivity index (χ1v) is 12.9. The molecule has 1 aliphatic heterocycles. The average Bonchev–Trinajstić information content (AvgIpc) is 3.02. The zero-order valence-electron chi connectivity index (χ0n) is 21.1. The van der Waals surface area contributed by atoms with Gasteiger partial charge in [0.05, 0.1) is 23.2 Å². The highest BCUT2D eigenvalue weighted by atomic mass is 16.6. The van der Waals surface area contributed by atoms with Gasteiger partial charge in [-0.3, -0.25) is 4.79 Å². The minimum absolute atomic E-state index is 0.0462. The van der Waals surface area contributed by atoms with Crippen LogP contribution in [0.1, 0.15) is 72.6 Å². The van der Waals surface area contributed by atoms with Crippen LogP contribution in [0.15, 0.2) is 34.9 Å². The number of esters is 1. The van der Waals surface area contributed by atoms with Gasteiger partial charge in [-0.1, -0.05) is 30.2 Å². The van der Waals surface area contributed by atoms with Crippen molar-refractivity contribution in [3.63, 3.8) is 0 Å². The smallest absolute Gasteiger partial charge is 0.336 e. The zero-order chi connectivity index (χ0) is 25.6. The van der Waals surface area contributed by atoms with E-state index in [0.29, 0.717) is 24.8 Å². The van der Waals surface area contributed by atoms with E-state index < -0.39 is 46.3 Å². The number of ether oxygens (including phenoxy) is 1. The first kappa shape index (κ1) is 24.9. The molecule has 0 aromatic rings. The van der Waals surface area contributed by atoms with Crippen LogP contribution in [0.3, 0.4) is 0 Å². The highest BCUT2D eigenvalue weighted by Crippen LogP contribution is 2.70. The fourth-order valence-electron chi connectivity index (χ4n) is 8.56. The molecule has 8 atom stereocenters. The fourth-order valence-corrected chi connectivity index (χ4v) is 8.56. The summed E-state index contributed by atoms with van der Waals surface area (Å²) in [6, 6.07) is 0. The van der Waals surface area contributed by atoms with Crippen LogP contribution in [0.4, 0.5) is 0 Å². The van der Waals surface area contributed by atoms with Crippen LogP contribution in [0.2, 0.25) is 0 Å². The molecule has 0 saturated heterocycles. The molecule has 4 aliphatic carbocycles. The minimum Gasteiger partial charge on any atom is -0.455 e. The van der Waals surface area contributed by atoms with E-state index in [1.165, 1.54) is 6.92 Å². The Bertz CT molecular complexity index is 1070. The van der Waals surface area contributed by atoms with Gasteiger partial charge >= 0.3 is 5.97 Å². The number of hydrogen-bond acceptors (Lipinski definition) is 7. The molecule has 0 aromatic heterocycles. The van der Waals surface area contributed by atoms with Crippen molar-refractivity contribution in [2.45, 2.75) is 95.5 Å². The Morgan fingerprint density at radius 2 is 1.86 bits per heavy atom. The summed E-state index contributed by atoms with van der Waals surface area (Å²) in [7, 11) is 0. The van der Waals surface area contributed by atoms with Crippen molar-refractivity contribution in [3.8, 4) is 0 Å². The summed E-state index contributed by atoms with van der Waals surface area (Å²) < 4.78 is 5.56. The van der Waals surface area contributed by atoms with Crippen LogP contribution in [0.5, 0.6) is 0 Å². The molecule has 5 rings (SSSR count). The number of aliphatic hydroxyl groups is 4. The number of ketones is 1. The summed E-state index contributed by atoms with van der Waals surface area (Å²) in [6.07, 6.45) is 7.78. The maximum Gasteiger partial charge on any atom is 0.336 e. The van der Waals surface area contributed by atoms with Crippen LogP contribution < -0.4 is 0 Å². The highest BCUT2D eigenvalue weighted by molar-refractivity contribution is 5.98. The number of allylic oxidation sites excluding steroid dienone is 4. The Hall–Kier alpha value is -1.80. The standard InChI is InChI=1S/C28H38O7/c1-16-14-22(35-23(31)18(16)15-29)26(4,32)28(34)13-12-27(33)20-9-8-17-6-5-7-21(30)25(17,3)19(20)10-11-24(27,28)2/h5,7-8,19-20,22,29,32-34H,6,9-15H2,1-4H3/t19?,20?,22-,24+,25+,26+,27-,28+/m1/s1. The Morgan fingerprint density at radius 1 is 1.14 bits per heavy atom. The molecule has 0 amide bonds. The van der Waals surface area contributed by atoms with E-state index in [1.807, 2.05) is 19.9 Å². The van der Waals surface area contributed by atoms with Gasteiger partial charge in [0, 0.05) is 11.8 Å². The van der Waals surface area contributed by atoms with Crippen LogP contribution in [-0.2, 0) is 14.3 Å². The molecular weight excluding hydrogens is 448 g/mol. The van der Waals surface area contributed by atoms with Gasteiger partial charge in [0.1, 0.15) is 17.3 Å². The molecule has 7 nitrogen and oxygen atoms in total. The monoisotopic (exact) mass is 486 g/mol. The van der Waals surface area contributed by atoms with Crippen LogP contribution >= 0.6 is 0 Å². The molecule has 0 spiro atoms. The minimum atomic E-state index is -1.83. The first-order valence-electron chi connectivity index (χ1n) is 12.9. The lowest BCUT2D eigenvalue weighted by Gasteiger charge is -2.63. The molecule has 0 bridgehead atoms. The highest BCUT2D eigenvalue weighted by Gasteiger charge is 2.76. The third kappa shape index (κ3) is 2.87. The average molecular weight is 487 g/mol. The maximum absolute atomic E-state index is 13.1. The number of rotatable bonds is 3. The lowest BCUT2D eigenvalue weighted by molar-refractivity contribution is -0.279. The molecule has 0 aromatic carbocycles. The molecule has 35 heavy (non-hydrogen) atoms. The van der Waals surface area contributed by atoms with E-state index in [4.69, 9.17) is 4.74 Å². The number of carbonyl (C=O) groups excluding carboxylic acids is 2. The summed E-state index contributed by atoms with van der Waals surface area (Å²) in [5.41, 5.74) is -4.64. The van der Waals surface area contributed by atoms with Gasteiger partial charge in [-0.2, -0.15) is 0 Å². The van der Waals surface area contributed by atoms with Gasteiger partial charge in [-0.05, 0) is 77.2 Å². The topological polar surface area (TPSA) is 124 Å². The third-order valence-electron chi connectivity index (χ3n) is 11.1. The van der Waals surface area contributed by atoms with E-state index in [9.17, 15) is 30.0 Å². The van der Waals surface area contributed by atoms with Crippen molar-refractivity contribution in [1.82, 2.24) is 0 Å². The zero-order valence-corrected chi connectivity index (χ0v) is 21.1. The van der Waals surface area contributed by atoms with Crippen molar-refractivity contribution in [3.05, 3.63) is 34.9 Å². The predicted molar refractivity (Wildman–Crippen MR) is 128 cm³/mol. The number of carbonyl (C=O) groups is 2. The van der Waals surface area contributed by atoms with Gasteiger partial charge in [-0.15, -0.1) is 0 Å². The summed E-state index contributed by atoms with van der Waals surface area (Å²) in [5, 5.41) is 46.0. The Kier molecular flexibility index (Phi) is 5.40. The van der Waals surface area contributed by atoms with Crippen molar-refractivity contribution in [1.29, 1.82) is 0 Å². The third-order valence-corrected chi connectivity index (χ3v) is 11.1. The Balaban J connectivity index is 1.52. The van der Waals surface area contributed by atoms with Gasteiger partial charge in [0.15, 0.2) is 5.78 Å². The molecule has 2 saturated carbocycles. The first-order chi connectivity index (χ1) is 16.3. The lowest BCUT2D eigenvalue weighted by atomic mass is 9.44. The van der Waals surface area contributed by atoms with Gasteiger partial charge in [0.2, 0.25) is 0 Å². The summed E-state index contributed by atoms with van der Waals surface area (Å²) in [5.74, 6) is -0.885. The van der Waals surface area contributed by atoms with E-state index in [0.717, 1.165) is 12.0 Å². The van der Waals surface area contributed by atoms with E-state index >= 15 is 0 Å². The molecule has 0 radical (unpaired) electrons. The molecule has 2 unspecified atom stereocenters. The van der Waals surface area contributed by atoms with Gasteiger partial charge < -0.3 is 25.2 Å². The normalized spacial score (nSPS) is 46.9. The van der Waals surface area contributed by atoms with Crippen LogP contribution in [0.25, 0.3) is 0 Å². The summed E-state index contributed by atoms with van der Waals surface area (Å²) >= 11 is 0. The summed E-state index contributed by atoms with van der Waals surface area (Å²) in [6.45, 7) is 6.63. The number of hydrogen-bond donors (Lipinski definition) is 4. The second-order valence-electron chi connectivity index (χ2n) is 12.2. The molecule has 7 heteroatoms. The van der Waals surface area contributed by atoms with E-state index in [-0.39, 0.29) is 42.5 Å². The molecule has 2 fully saturated rings. The van der Waals surface area contributed by atoms with Crippen molar-refractivity contribution in [2.75, 3.05) is 6.61 Å². The van der Waals surface area contributed by atoms with Crippen molar-refractivity contribution >= 4 is 11.8 Å². The molecule has 4 N–H and O–H groups in total.